The van der Waals surface area contributed by atoms with Crippen molar-refractivity contribution in [3.8, 4) is 0 Å². The van der Waals surface area contributed by atoms with Gasteiger partial charge in [-0.2, -0.15) is 0 Å². The van der Waals surface area contributed by atoms with Crippen molar-refractivity contribution in [1.29, 1.82) is 0 Å². The van der Waals surface area contributed by atoms with E-state index in [1.165, 1.54) is 6.42 Å². The van der Waals surface area contributed by atoms with Crippen LogP contribution in [0.4, 0.5) is 0 Å². The number of carbonyl (C=O) groups excluding carboxylic acids is 1. The first-order valence-corrected chi connectivity index (χ1v) is 7.70. The normalized spacial score (nSPS) is 31.6. The molecule has 0 aromatic heterocycles. The van der Waals surface area contributed by atoms with Crippen LogP contribution in [0.2, 0.25) is 0 Å². The van der Waals surface area contributed by atoms with Crippen molar-refractivity contribution in [3.05, 3.63) is 35.4 Å². The molecule has 2 saturated carbocycles. The number of hydrogen-bond donors (Lipinski definition) is 0. The monoisotopic (exact) mass is 285 g/mol. The third kappa shape index (κ3) is 2.10. The third-order valence-corrected chi connectivity index (χ3v) is 6.04. The first-order chi connectivity index (χ1) is 9.84. The van der Waals surface area contributed by atoms with E-state index in [0.717, 1.165) is 24.1 Å². The number of hydrogen-bond acceptors (Lipinski definition) is 3. The van der Waals surface area contributed by atoms with Gasteiger partial charge in [-0.3, -0.25) is 0 Å². The number of benzene rings is 1. The summed E-state index contributed by atoms with van der Waals surface area (Å²) >= 11 is 0. The Morgan fingerprint density at radius 2 is 1.90 bits per heavy atom. The summed E-state index contributed by atoms with van der Waals surface area (Å²) in [5, 5.41) is 4.24. The van der Waals surface area contributed by atoms with E-state index < -0.39 is 0 Å². The highest BCUT2D eigenvalue weighted by atomic mass is 16.7. The molecule has 0 spiro atoms. The van der Waals surface area contributed by atoms with Crippen LogP contribution >= 0.6 is 0 Å². The molecular formula is C18H23NO2. The molecule has 21 heavy (non-hydrogen) atoms. The van der Waals surface area contributed by atoms with E-state index >= 15 is 0 Å². The highest BCUT2D eigenvalue weighted by molar-refractivity contribution is 5.95. The van der Waals surface area contributed by atoms with Crippen molar-refractivity contribution in [2.45, 2.75) is 47.0 Å². The number of fused-ring (bicyclic) bond motifs is 2. The van der Waals surface area contributed by atoms with Crippen LogP contribution in [0, 0.1) is 23.7 Å². The fourth-order valence-electron chi connectivity index (χ4n) is 3.91. The van der Waals surface area contributed by atoms with Crippen LogP contribution in [-0.2, 0) is 4.84 Å². The minimum absolute atomic E-state index is 0.0746. The Balaban J connectivity index is 1.76. The molecule has 3 heteroatoms. The van der Waals surface area contributed by atoms with Crippen LogP contribution < -0.4 is 0 Å². The number of nitrogens with zero attached hydrogens (tertiary/aromatic N) is 1. The average molecular weight is 285 g/mol. The molecule has 2 fully saturated rings. The maximum Gasteiger partial charge on any atom is 0.365 e. The molecule has 0 amide bonds. The van der Waals surface area contributed by atoms with Gasteiger partial charge >= 0.3 is 5.97 Å². The summed E-state index contributed by atoms with van der Waals surface area (Å²) in [6, 6.07) is 7.38. The van der Waals surface area contributed by atoms with Crippen molar-refractivity contribution in [2.75, 3.05) is 0 Å². The van der Waals surface area contributed by atoms with Crippen molar-refractivity contribution in [1.82, 2.24) is 0 Å². The fourth-order valence-corrected chi connectivity index (χ4v) is 3.91. The second kappa shape index (κ2) is 4.69. The summed E-state index contributed by atoms with van der Waals surface area (Å²) in [5.74, 6) is 0.297. The largest absolute Gasteiger partial charge is 0.365 e. The smallest absolute Gasteiger partial charge is 0.313 e. The lowest BCUT2D eigenvalue weighted by Gasteiger charge is -2.34. The molecule has 2 aliphatic rings. The number of oxime groups is 1. The Morgan fingerprint density at radius 3 is 2.43 bits per heavy atom. The predicted octanol–water partition coefficient (Wildman–Crippen LogP) is 4.35. The van der Waals surface area contributed by atoms with E-state index in [1.54, 1.807) is 12.1 Å². The number of carbonyl (C=O) groups is 1. The Bertz CT molecular complexity index is 600. The van der Waals surface area contributed by atoms with E-state index in [0.29, 0.717) is 11.5 Å². The molecule has 0 N–H and O–H groups in total. The van der Waals surface area contributed by atoms with Crippen LogP contribution in [0.3, 0.4) is 0 Å². The predicted molar refractivity (Wildman–Crippen MR) is 83.3 cm³/mol. The Morgan fingerprint density at radius 1 is 1.24 bits per heavy atom. The topological polar surface area (TPSA) is 38.7 Å². The molecule has 0 saturated heterocycles. The molecule has 3 rings (SSSR count). The van der Waals surface area contributed by atoms with Gasteiger partial charge in [-0.1, -0.05) is 43.6 Å². The van der Waals surface area contributed by atoms with Crippen LogP contribution in [0.5, 0.6) is 0 Å². The second-order valence-electron chi connectivity index (χ2n) is 7.28. The van der Waals surface area contributed by atoms with Crippen LogP contribution in [-0.4, -0.2) is 11.7 Å². The maximum atomic E-state index is 12.1. The summed E-state index contributed by atoms with van der Waals surface area (Å²) in [6.45, 7) is 8.88. The lowest BCUT2D eigenvalue weighted by atomic mass is 9.70. The highest BCUT2D eigenvalue weighted by Crippen LogP contribution is 2.63. The van der Waals surface area contributed by atoms with Crippen molar-refractivity contribution < 1.29 is 9.63 Å². The molecule has 2 aliphatic carbocycles. The van der Waals surface area contributed by atoms with Gasteiger partial charge in [0.2, 0.25) is 0 Å². The molecule has 1 aromatic rings. The minimum atomic E-state index is -0.369. The molecule has 0 heterocycles. The zero-order chi connectivity index (χ0) is 15.3. The van der Waals surface area contributed by atoms with Gasteiger partial charge in [0.15, 0.2) is 0 Å². The molecule has 2 atom stereocenters. The van der Waals surface area contributed by atoms with E-state index in [4.69, 9.17) is 4.84 Å². The standard InChI is InChI=1S/C18H23NO2/c1-12-5-7-13(8-6-12)16(20)21-19-15-11-14-9-10-18(15,4)17(14,2)3/h5-8,14H,9-11H2,1-4H3/b19-15-. The summed E-state index contributed by atoms with van der Waals surface area (Å²) in [4.78, 5) is 17.3. The molecule has 0 radical (unpaired) electrons. The van der Waals surface area contributed by atoms with Crippen LogP contribution in [0.25, 0.3) is 0 Å². The minimum Gasteiger partial charge on any atom is -0.313 e. The molecule has 1 aromatic carbocycles. The number of aryl methyl sites for hydroxylation is 1. The van der Waals surface area contributed by atoms with E-state index in [-0.39, 0.29) is 16.8 Å². The fraction of sp³-hybridized carbons (Fsp3) is 0.556. The molecule has 2 bridgehead atoms. The number of rotatable bonds is 2. The van der Waals surface area contributed by atoms with E-state index in [1.807, 2.05) is 19.1 Å². The van der Waals surface area contributed by atoms with E-state index in [2.05, 4.69) is 25.9 Å². The van der Waals surface area contributed by atoms with Gasteiger partial charge in [0.1, 0.15) is 0 Å². The second-order valence-corrected chi connectivity index (χ2v) is 7.28. The van der Waals surface area contributed by atoms with Crippen LogP contribution in [0.15, 0.2) is 29.4 Å². The first kappa shape index (κ1) is 14.3. The summed E-state index contributed by atoms with van der Waals surface area (Å²) in [5.41, 5.74) is 3.06. The molecular weight excluding hydrogens is 262 g/mol. The quantitative estimate of drug-likeness (QED) is 0.598. The Hall–Kier alpha value is -1.64. The zero-order valence-electron chi connectivity index (χ0n) is 13.3. The van der Waals surface area contributed by atoms with Gasteiger partial charge in [-0.15, -0.1) is 0 Å². The van der Waals surface area contributed by atoms with Gasteiger partial charge in [0.05, 0.1) is 11.3 Å². The first-order valence-electron chi connectivity index (χ1n) is 7.70. The van der Waals surface area contributed by atoms with Gasteiger partial charge < -0.3 is 4.84 Å². The third-order valence-electron chi connectivity index (χ3n) is 6.04. The van der Waals surface area contributed by atoms with Gasteiger partial charge in [0.25, 0.3) is 0 Å². The van der Waals surface area contributed by atoms with Crippen LogP contribution in [0.1, 0.15) is 56.0 Å². The Kier molecular flexibility index (Phi) is 3.19. The Labute approximate surface area is 126 Å². The van der Waals surface area contributed by atoms with Gasteiger partial charge in [0, 0.05) is 5.41 Å². The molecule has 3 nitrogen and oxygen atoms in total. The van der Waals surface area contributed by atoms with Crippen molar-refractivity contribution >= 4 is 11.7 Å². The lowest BCUT2D eigenvalue weighted by molar-refractivity contribution is 0.0508. The van der Waals surface area contributed by atoms with Gasteiger partial charge in [-0.05, 0) is 49.7 Å². The SMILES string of the molecule is Cc1ccc(C(=O)O/N=C2/CC3CCC2(C)C3(C)C)cc1. The highest BCUT2D eigenvalue weighted by Gasteiger charge is 2.60. The van der Waals surface area contributed by atoms with Crippen molar-refractivity contribution in [3.63, 3.8) is 0 Å². The van der Waals surface area contributed by atoms with E-state index in [9.17, 15) is 4.79 Å². The van der Waals surface area contributed by atoms with Gasteiger partial charge in [-0.25, -0.2) is 4.79 Å². The zero-order valence-corrected chi connectivity index (χ0v) is 13.3. The molecule has 112 valence electrons. The van der Waals surface area contributed by atoms with Crippen molar-refractivity contribution in [2.24, 2.45) is 21.9 Å². The summed E-state index contributed by atoms with van der Waals surface area (Å²) < 4.78 is 0. The summed E-state index contributed by atoms with van der Waals surface area (Å²) in [6.07, 6.45) is 3.37. The summed E-state index contributed by atoms with van der Waals surface area (Å²) in [7, 11) is 0. The molecule has 2 unspecified atom stereocenters. The average Bonchev–Trinajstić information content (AvgIpc) is 2.78. The maximum absolute atomic E-state index is 12.1. The lowest BCUT2D eigenvalue weighted by Crippen LogP contribution is -2.32. The molecule has 0 aliphatic heterocycles.